The molecule has 0 spiro atoms. The van der Waals surface area contributed by atoms with E-state index in [9.17, 15) is 0 Å². The SMILES string of the molecule is CC(C)NC1CN(CCOCCOCCCCC(C)(C)C)C1. The monoisotopic (exact) mass is 314 g/mol. The zero-order valence-corrected chi connectivity index (χ0v) is 15.5. The third-order valence-corrected chi connectivity index (χ3v) is 3.92. The van der Waals surface area contributed by atoms with Gasteiger partial charge in [0.2, 0.25) is 0 Å². The maximum Gasteiger partial charge on any atom is 0.0701 e. The molecule has 0 aliphatic carbocycles. The Bertz CT molecular complexity index is 271. The first-order valence-electron chi connectivity index (χ1n) is 9.01. The summed E-state index contributed by atoms with van der Waals surface area (Å²) in [4.78, 5) is 2.44. The van der Waals surface area contributed by atoms with Crippen molar-refractivity contribution in [2.45, 2.75) is 66.0 Å². The van der Waals surface area contributed by atoms with Crippen LogP contribution in [0.15, 0.2) is 0 Å². The fourth-order valence-electron chi connectivity index (χ4n) is 2.70. The first-order chi connectivity index (χ1) is 10.4. The Morgan fingerprint density at radius 3 is 2.23 bits per heavy atom. The van der Waals surface area contributed by atoms with Crippen molar-refractivity contribution >= 4 is 0 Å². The zero-order chi connectivity index (χ0) is 16.4. The minimum atomic E-state index is 0.448. The van der Waals surface area contributed by atoms with Crippen LogP contribution in [0.4, 0.5) is 0 Å². The molecule has 4 nitrogen and oxygen atoms in total. The predicted octanol–water partition coefficient (Wildman–Crippen LogP) is 2.92. The Labute approximate surface area is 137 Å². The van der Waals surface area contributed by atoms with Gasteiger partial charge in [-0.05, 0) is 18.3 Å². The topological polar surface area (TPSA) is 33.7 Å². The molecule has 0 aromatic carbocycles. The van der Waals surface area contributed by atoms with Crippen molar-refractivity contribution in [1.82, 2.24) is 10.2 Å². The van der Waals surface area contributed by atoms with Crippen molar-refractivity contribution in [2.75, 3.05) is 46.1 Å². The van der Waals surface area contributed by atoms with Crippen molar-refractivity contribution in [3.63, 3.8) is 0 Å². The number of rotatable bonds is 12. The predicted molar refractivity (Wildman–Crippen MR) is 93.4 cm³/mol. The molecule has 4 heteroatoms. The lowest BCUT2D eigenvalue weighted by atomic mass is 9.90. The van der Waals surface area contributed by atoms with Gasteiger partial charge in [0.05, 0.1) is 19.8 Å². The number of hydrogen-bond donors (Lipinski definition) is 1. The molecule has 0 bridgehead atoms. The maximum atomic E-state index is 5.63. The second-order valence-corrected chi connectivity index (χ2v) is 8.02. The van der Waals surface area contributed by atoms with E-state index < -0.39 is 0 Å². The highest BCUT2D eigenvalue weighted by Crippen LogP contribution is 2.21. The molecular formula is C18H38N2O2. The second-order valence-electron chi connectivity index (χ2n) is 8.02. The summed E-state index contributed by atoms with van der Waals surface area (Å²) in [6, 6.07) is 1.26. The van der Waals surface area contributed by atoms with Gasteiger partial charge < -0.3 is 14.8 Å². The molecule has 0 saturated carbocycles. The van der Waals surface area contributed by atoms with Gasteiger partial charge in [0.1, 0.15) is 0 Å². The van der Waals surface area contributed by atoms with Gasteiger partial charge in [0, 0.05) is 38.3 Å². The van der Waals surface area contributed by atoms with E-state index >= 15 is 0 Å². The fourth-order valence-corrected chi connectivity index (χ4v) is 2.70. The van der Waals surface area contributed by atoms with Crippen molar-refractivity contribution < 1.29 is 9.47 Å². The minimum absolute atomic E-state index is 0.448. The second kappa shape index (κ2) is 10.6. The van der Waals surface area contributed by atoms with E-state index in [-0.39, 0.29) is 0 Å². The lowest BCUT2D eigenvalue weighted by Gasteiger charge is -2.40. The van der Waals surface area contributed by atoms with Gasteiger partial charge in [-0.3, -0.25) is 4.90 Å². The van der Waals surface area contributed by atoms with Crippen LogP contribution < -0.4 is 5.32 Å². The van der Waals surface area contributed by atoms with Crippen LogP contribution in [0.25, 0.3) is 0 Å². The van der Waals surface area contributed by atoms with Gasteiger partial charge >= 0.3 is 0 Å². The van der Waals surface area contributed by atoms with Crippen molar-refractivity contribution in [3.05, 3.63) is 0 Å². The van der Waals surface area contributed by atoms with Gasteiger partial charge in [-0.1, -0.05) is 41.0 Å². The highest BCUT2D eigenvalue weighted by atomic mass is 16.5. The van der Waals surface area contributed by atoms with E-state index in [4.69, 9.17) is 9.47 Å². The Kier molecular flexibility index (Phi) is 9.57. The summed E-state index contributed by atoms with van der Waals surface area (Å²) < 4.78 is 11.2. The van der Waals surface area contributed by atoms with Crippen LogP contribution in [0.1, 0.15) is 53.9 Å². The van der Waals surface area contributed by atoms with E-state index in [1.54, 1.807) is 0 Å². The molecule has 0 atom stereocenters. The Morgan fingerprint density at radius 2 is 1.64 bits per heavy atom. The van der Waals surface area contributed by atoms with Gasteiger partial charge in [0.15, 0.2) is 0 Å². The molecule has 1 saturated heterocycles. The van der Waals surface area contributed by atoms with Crippen LogP contribution in [0.2, 0.25) is 0 Å². The molecule has 1 heterocycles. The van der Waals surface area contributed by atoms with E-state index in [2.05, 4.69) is 44.8 Å². The van der Waals surface area contributed by atoms with Crippen LogP contribution in [0, 0.1) is 5.41 Å². The molecule has 0 aromatic rings. The number of unbranched alkanes of at least 4 members (excludes halogenated alkanes) is 1. The Morgan fingerprint density at radius 1 is 1.00 bits per heavy atom. The quantitative estimate of drug-likeness (QED) is 0.562. The number of ether oxygens (including phenoxy) is 2. The van der Waals surface area contributed by atoms with E-state index in [1.807, 2.05) is 0 Å². The largest absolute Gasteiger partial charge is 0.379 e. The van der Waals surface area contributed by atoms with Crippen LogP contribution in [-0.4, -0.2) is 63.0 Å². The summed E-state index contributed by atoms with van der Waals surface area (Å²) in [6.07, 6.45) is 3.69. The maximum absolute atomic E-state index is 5.63. The molecule has 1 rings (SSSR count). The van der Waals surface area contributed by atoms with Crippen LogP contribution >= 0.6 is 0 Å². The molecule has 0 amide bonds. The van der Waals surface area contributed by atoms with Crippen LogP contribution in [-0.2, 0) is 9.47 Å². The lowest BCUT2D eigenvalue weighted by molar-refractivity contribution is 0.0231. The highest BCUT2D eigenvalue weighted by molar-refractivity contribution is 4.86. The lowest BCUT2D eigenvalue weighted by Crippen LogP contribution is -2.59. The minimum Gasteiger partial charge on any atom is -0.379 e. The van der Waals surface area contributed by atoms with E-state index in [1.165, 1.54) is 12.8 Å². The number of nitrogens with one attached hydrogen (secondary N) is 1. The Hall–Kier alpha value is -0.160. The average Bonchev–Trinajstić information content (AvgIpc) is 2.35. The molecule has 1 aliphatic rings. The molecular weight excluding hydrogens is 276 g/mol. The Balaban J connectivity index is 1.76. The molecule has 0 radical (unpaired) electrons. The third-order valence-electron chi connectivity index (χ3n) is 3.92. The molecule has 1 N–H and O–H groups in total. The third kappa shape index (κ3) is 10.5. The number of nitrogens with zero attached hydrogens (tertiary/aromatic N) is 1. The smallest absolute Gasteiger partial charge is 0.0701 e. The summed E-state index contributed by atoms with van der Waals surface area (Å²) in [5.41, 5.74) is 0.448. The highest BCUT2D eigenvalue weighted by Gasteiger charge is 2.25. The standard InChI is InChI=1S/C18H38N2O2/c1-16(2)19-17-14-20(15-17)9-11-22-13-12-21-10-7-6-8-18(3,4)5/h16-17,19H,6-15H2,1-5H3. The number of likely N-dealkylation sites (tertiary alicyclic amines) is 1. The fraction of sp³-hybridized carbons (Fsp3) is 1.00. The van der Waals surface area contributed by atoms with E-state index in [0.29, 0.717) is 17.5 Å². The van der Waals surface area contributed by atoms with Gasteiger partial charge in [-0.2, -0.15) is 0 Å². The average molecular weight is 315 g/mol. The number of hydrogen-bond acceptors (Lipinski definition) is 4. The summed E-state index contributed by atoms with van der Waals surface area (Å²) in [5.74, 6) is 0. The van der Waals surface area contributed by atoms with Crippen molar-refractivity contribution in [3.8, 4) is 0 Å². The van der Waals surface area contributed by atoms with Crippen LogP contribution in [0.3, 0.4) is 0 Å². The van der Waals surface area contributed by atoms with Gasteiger partial charge in [0.25, 0.3) is 0 Å². The van der Waals surface area contributed by atoms with E-state index in [0.717, 1.165) is 52.5 Å². The molecule has 22 heavy (non-hydrogen) atoms. The molecule has 0 unspecified atom stereocenters. The summed E-state index contributed by atoms with van der Waals surface area (Å²) in [5, 5.41) is 3.55. The summed E-state index contributed by atoms with van der Waals surface area (Å²) in [6.45, 7) is 17.8. The zero-order valence-electron chi connectivity index (χ0n) is 15.5. The molecule has 132 valence electrons. The first kappa shape index (κ1) is 19.9. The molecule has 1 aliphatic heterocycles. The van der Waals surface area contributed by atoms with Crippen molar-refractivity contribution in [2.24, 2.45) is 5.41 Å². The first-order valence-corrected chi connectivity index (χ1v) is 9.01. The molecule has 0 aromatic heterocycles. The molecule has 1 fully saturated rings. The van der Waals surface area contributed by atoms with Crippen molar-refractivity contribution in [1.29, 1.82) is 0 Å². The van der Waals surface area contributed by atoms with Gasteiger partial charge in [-0.15, -0.1) is 0 Å². The van der Waals surface area contributed by atoms with Crippen LogP contribution in [0.5, 0.6) is 0 Å². The summed E-state index contributed by atoms with van der Waals surface area (Å²) in [7, 11) is 0. The van der Waals surface area contributed by atoms with Gasteiger partial charge in [-0.25, -0.2) is 0 Å². The summed E-state index contributed by atoms with van der Waals surface area (Å²) >= 11 is 0. The normalized spacial score (nSPS) is 17.2.